The van der Waals surface area contributed by atoms with Crippen molar-refractivity contribution in [1.82, 2.24) is 0 Å². The van der Waals surface area contributed by atoms with Gasteiger partial charge in [0, 0.05) is 5.92 Å². The number of hydrogen-bond donors (Lipinski definition) is 0. The Balaban J connectivity index is 3.03. The van der Waals surface area contributed by atoms with E-state index in [4.69, 9.17) is 4.74 Å². The molecule has 0 radical (unpaired) electrons. The number of cyclic esters (lactones) is 1. The van der Waals surface area contributed by atoms with Gasteiger partial charge in [0.05, 0.1) is 13.7 Å². The van der Waals surface area contributed by atoms with Crippen LogP contribution in [0, 0.1) is 11.3 Å². The first kappa shape index (κ1) is 10.8. The second kappa shape index (κ2) is 3.82. The number of esters is 2. The average molecular weight is 198 g/mol. The van der Waals surface area contributed by atoms with Crippen molar-refractivity contribution < 1.29 is 19.1 Å². The molecule has 1 saturated heterocycles. The molecule has 1 rings (SSSR count). The van der Waals surface area contributed by atoms with Gasteiger partial charge in [-0.25, -0.2) is 0 Å². The van der Waals surface area contributed by atoms with Gasteiger partial charge in [0.1, 0.15) is 0 Å². The predicted octanol–water partition coefficient (Wildman–Crippen LogP) is 0.915. The lowest BCUT2D eigenvalue weighted by Crippen LogP contribution is -2.48. The fraction of sp³-hybridized carbons (Fsp3) is 0.600. The number of carbonyl (C=O) groups excluding carboxylic acids is 2. The van der Waals surface area contributed by atoms with Crippen LogP contribution in [0.1, 0.15) is 13.3 Å². The standard InChI is InChI=1S/C10H14O4/c1-4-7-5-6-14-9(12)10(7,2)8(11)13-3/h4,7H,1,5-6H2,2-3H3. The first-order valence-electron chi connectivity index (χ1n) is 4.45. The minimum Gasteiger partial charge on any atom is -0.468 e. The van der Waals surface area contributed by atoms with Gasteiger partial charge < -0.3 is 9.47 Å². The lowest BCUT2D eigenvalue weighted by Gasteiger charge is -2.34. The second-order valence-corrected chi connectivity index (χ2v) is 3.46. The summed E-state index contributed by atoms with van der Waals surface area (Å²) in [7, 11) is 1.26. The zero-order valence-corrected chi connectivity index (χ0v) is 8.41. The van der Waals surface area contributed by atoms with Crippen LogP contribution in [0.15, 0.2) is 12.7 Å². The summed E-state index contributed by atoms with van der Waals surface area (Å²) in [6, 6.07) is 0. The number of allylic oxidation sites excluding steroid dienone is 1. The monoisotopic (exact) mass is 198 g/mol. The summed E-state index contributed by atoms with van der Waals surface area (Å²) in [6.07, 6.45) is 2.22. The summed E-state index contributed by atoms with van der Waals surface area (Å²) in [5.74, 6) is -1.30. The SMILES string of the molecule is C=CC1CCOC(=O)C1(C)C(=O)OC. The molecular weight excluding hydrogens is 184 g/mol. The van der Waals surface area contributed by atoms with E-state index in [-0.39, 0.29) is 5.92 Å². The number of ether oxygens (including phenoxy) is 2. The van der Waals surface area contributed by atoms with E-state index >= 15 is 0 Å². The smallest absolute Gasteiger partial charge is 0.323 e. The Morgan fingerprint density at radius 1 is 1.79 bits per heavy atom. The maximum atomic E-state index is 11.5. The van der Waals surface area contributed by atoms with E-state index < -0.39 is 17.4 Å². The van der Waals surface area contributed by atoms with Crippen molar-refractivity contribution in [3.05, 3.63) is 12.7 Å². The van der Waals surface area contributed by atoms with Crippen LogP contribution in [0.4, 0.5) is 0 Å². The van der Waals surface area contributed by atoms with E-state index in [0.717, 1.165) is 0 Å². The molecule has 0 saturated carbocycles. The van der Waals surface area contributed by atoms with Crippen LogP contribution in [0.25, 0.3) is 0 Å². The Morgan fingerprint density at radius 2 is 2.43 bits per heavy atom. The number of rotatable bonds is 2. The molecule has 0 aliphatic carbocycles. The number of hydrogen-bond acceptors (Lipinski definition) is 4. The van der Waals surface area contributed by atoms with Crippen LogP contribution in [-0.4, -0.2) is 25.7 Å². The third-order valence-corrected chi connectivity index (χ3v) is 2.72. The lowest BCUT2D eigenvalue weighted by atomic mass is 9.74. The largest absolute Gasteiger partial charge is 0.468 e. The third-order valence-electron chi connectivity index (χ3n) is 2.72. The van der Waals surface area contributed by atoms with Crippen molar-refractivity contribution in [2.45, 2.75) is 13.3 Å². The van der Waals surface area contributed by atoms with Gasteiger partial charge in [-0.05, 0) is 13.3 Å². The van der Waals surface area contributed by atoms with E-state index in [9.17, 15) is 9.59 Å². The molecule has 1 aliphatic rings. The molecule has 0 aromatic heterocycles. The van der Waals surface area contributed by atoms with Gasteiger partial charge in [0.25, 0.3) is 0 Å². The average Bonchev–Trinajstić information content (AvgIpc) is 2.20. The highest BCUT2D eigenvalue weighted by Gasteiger charge is 2.51. The van der Waals surface area contributed by atoms with Gasteiger partial charge in [-0.15, -0.1) is 6.58 Å². The number of methoxy groups -OCH3 is 1. The lowest BCUT2D eigenvalue weighted by molar-refractivity contribution is -0.178. The van der Waals surface area contributed by atoms with Gasteiger partial charge in [-0.2, -0.15) is 0 Å². The molecule has 0 aromatic rings. The summed E-state index contributed by atoms with van der Waals surface area (Å²) in [4.78, 5) is 23.0. The highest BCUT2D eigenvalue weighted by molar-refractivity contribution is 6.00. The number of carbonyl (C=O) groups is 2. The van der Waals surface area contributed by atoms with E-state index in [1.807, 2.05) is 0 Å². The highest BCUT2D eigenvalue weighted by atomic mass is 16.6. The van der Waals surface area contributed by atoms with E-state index in [1.54, 1.807) is 6.08 Å². The van der Waals surface area contributed by atoms with Crippen LogP contribution in [0.2, 0.25) is 0 Å². The topological polar surface area (TPSA) is 52.6 Å². The summed E-state index contributed by atoms with van der Waals surface area (Å²) in [5.41, 5.74) is -1.23. The summed E-state index contributed by atoms with van der Waals surface area (Å²) in [5, 5.41) is 0. The summed E-state index contributed by atoms with van der Waals surface area (Å²) < 4.78 is 9.47. The molecule has 1 aliphatic heterocycles. The molecule has 78 valence electrons. The van der Waals surface area contributed by atoms with Gasteiger partial charge in [0.15, 0.2) is 5.41 Å². The Bertz CT molecular complexity index is 261. The normalized spacial score (nSPS) is 31.9. The summed E-state index contributed by atoms with van der Waals surface area (Å²) >= 11 is 0. The maximum Gasteiger partial charge on any atom is 0.323 e. The fourth-order valence-corrected chi connectivity index (χ4v) is 1.67. The Morgan fingerprint density at radius 3 is 2.93 bits per heavy atom. The zero-order valence-electron chi connectivity index (χ0n) is 8.41. The predicted molar refractivity (Wildman–Crippen MR) is 49.4 cm³/mol. The molecule has 2 atom stereocenters. The molecule has 0 spiro atoms. The van der Waals surface area contributed by atoms with Gasteiger partial charge in [0.2, 0.25) is 0 Å². The molecule has 2 unspecified atom stereocenters. The van der Waals surface area contributed by atoms with Crippen LogP contribution in [0.5, 0.6) is 0 Å². The highest BCUT2D eigenvalue weighted by Crippen LogP contribution is 2.37. The van der Waals surface area contributed by atoms with Gasteiger partial charge in [-0.1, -0.05) is 6.08 Å². The van der Waals surface area contributed by atoms with Crippen LogP contribution in [-0.2, 0) is 19.1 Å². The molecule has 4 nitrogen and oxygen atoms in total. The molecule has 14 heavy (non-hydrogen) atoms. The molecule has 0 amide bonds. The molecule has 4 heteroatoms. The van der Waals surface area contributed by atoms with Crippen molar-refractivity contribution in [1.29, 1.82) is 0 Å². The van der Waals surface area contributed by atoms with Crippen molar-refractivity contribution in [2.75, 3.05) is 13.7 Å². The molecule has 0 aromatic carbocycles. The van der Waals surface area contributed by atoms with Crippen LogP contribution in [0.3, 0.4) is 0 Å². The second-order valence-electron chi connectivity index (χ2n) is 3.46. The van der Waals surface area contributed by atoms with Crippen molar-refractivity contribution >= 4 is 11.9 Å². The molecule has 1 fully saturated rings. The molecule has 0 N–H and O–H groups in total. The van der Waals surface area contributed by atoms with Gasteiger partial charge in [-0.3, -0.25) is 9.59 Å². The third kappa shape index (κ3) is 1.41. The van der Waals surface area contributed by atoms with E-state index in [1.165, 1.54) is 14.0 Å². The minimum absolute atomic E-state index is 0.212. The Labute approximate surface area is 82.9 Å². The Hall–Kier alpha value is -1.32. The van der Waals surface area contributed by atoms with Crippen LogP contribution >= 0.6 is 0 Å². The quantitative estimate of drug-likeness (QED) is 0.376. The first-order valence-corrected chi connectivity index (χ1v) is 4.45. The maximum absolute atomic E-state index is 11.5. The molecule has 1 heterocycles. The fourth-order valence-electron chi connectivity index (χ4n) is 1.67. The minimum atomic E-state index is -1.23. The summed E-state index contributed by atoms with van der Waals surface area (Å²) in [6.45, 7) is 5.49. The zero-order chi connectivity index (χ0) is 10.8. The van der Waals surface area contributed by atoms with E-state index in [2.05, 4.69) is 11.3 Å². The van der Waals surface area contributed by atoms with Crippen molar-refractivity contribution in [3.8, 4) is 0 Å². The Kier molecular flexibility index (Phi) is 2.93. The van der Waals surface area contributed by atoms with Crippen molar-refractivity contribution in [3.63, 3.8) is 0 Å². The van der Waals surface area contributed by atoms with Crippen LogP contribution < -0.4 is 0 Å². The van der Waals surface area contributed by atoms with Gasteiger partial charge >= 0.3 is 11.9 Å². The van der Waals surface area contributed by atoms with E-state index in [0.29, 0.717) is 13.0 Å². The molecule has 0 bridgehead atoms. The first-order chi connectivity index (χ1) is 6.57. The van der Waals surface area contributed by atoms with Crippen molar-refractivity contribution in [2.24, 2.45) is 11.3 Å². The molecular formula is C10H14O4.